The summed E-state index contributed by atoms with van der Waals surface area (Å²) >= 11 is 0. The molecule has 1 aliphatic rings. The van der Waals surface area contributed by atoms with Crippen molar-refractivity contribution in [3.05, 3.63) is 29.8 Å². The lowest BCUT2D eigenvalue weighted by molar-refractivity contribution is 0.550. The van der Waals surface area contributed by atoms with Gasteiger partial charge in [-0.2, -0.15) is 0 Å². The Morgan fingerprint density at radius 1 is 1.14 bits per heavy atom. The summed E-state index contributed by atoms with van der Waals surface area (Å²) in [5.74, 6) is 0.661. The summed E-state index contributed by atoms with van der Waals surface area (Å²) in [6.07, 6.45) is 0. The topological polar surface area (TPSA) is 3.24 Å². The van der Waals surface area contributed by atoms with Crippen LogP contribution in [0.4, 0.5) is 5.69 Å². The average Bonchev–Trinajstić information content (AvgIpc) is 2.41. The van der Waals surface area contributed by atoms with Gasteiger partial charge in [-0.3, -0.25) is 0 Å². The molecule has 1 nitrogen and oxygen atoms in total. The zero-order chi connectivity index (χ0) is 10.3. The van der Waals surface area contributed by atoms with Crippen LogP contribution in [0.3, 0.4) is 0 Å². The average molecular weight is 189 g/mol. The summed E-state index contributed by atoms with van der Waals surface area (Å²) in [5, 5.41) is 0. The van der Waals surface area contributed by atoms with Gasteiger partial charge in [0.2, 0.25) is 0 Å². The highest BCUT2D eigenvalue weighted by Gasteiger charge is 2.33. The minimum absolute atomic E-state index is 0.594. The van der Waals surface area contributed by atoms with E-state index in [1.165, 1.54) is 11.3 Å². The second-order valence-corrected chi connectivity index (χ2v) is 4.59. The van der Waals surface area contributed by atoms with Gasteiger partial charge >= 0.3 is 0 Å². The molecular formula is C13H19N. The Hall–Kier alpha value is -0.980. The van der Waals surface area contributed by atoms with Crippen LogP contribution in [0.1, 0.15) is 39.2 Å². The molecule has 2 atom stereocenters. The number of hydrogen-bond donors (Lipinski definition) is 0. The zero-order valence-electron chi connectivity index (χ0n) is 9.49. The third-order valence-corrected chi connectivity index (χ3v) is 3.42. The first kappa shape index (κ1) is 9.57. The predicted molar refractivity (Wildman–Crippen MR) is 61.9 cm³/mol. The molecule has 0 N–H and O–H groups in total. The highest BCUT2D eigenvalue weighted by Crippen LogP contribution is 2.41. The maximum absolute atomic E-state index is 2.53. The summed E-state index contributed by atoms with van der Waals surface area (Å²) < 4.78 is 0. The van der Waals surface area contributed by atoms with Crippen molar-refractivity contribution in [3.8, 4) is 0 Å². The summed E-state index contributed by atoms with van der Waals surface area (Å²) in [6, 6.07) is 10.0. The lowest BCUT2D eigenvalue weighted by Crippen LogP contribution is -2.36. The number of fused-ring (bicyclic) bond motifs is 1. The second kappa shape index (κ2) is 3.30. The first-order chi connectivity index (χ1) is 6.63. The third-order valence-electron chi connectivity index (χ3n) is 3.42. The summed E-state index contributed by atoms with van der Waals surface area (Å²) in [6.45, 7) is 9.19. The van der Waals surface area contributed by atoms with Crippen molar-refractivity contribution < 1.29 is 0 Å². The normalized spacial score (nSPS) is 25.6. The van der Waals surface area contributed by atoms with Crippen LogP contribution in [-0.4, -0.2) is 12.1 Å². The molecule has 0 spiro atoms. The van der Waals surface area contributed by atoms with E-state index in [9.17, 15) is 0 Å². The van der Waals surface area contributed by atoms with Crippen LogP contribution < -0.4 is 4.90 Å². The molecule has 1 heterocycles. The number of rotatable bonds is 1. The van der Waals surface area contributed by atoms with Gasteiger partial charge < -0.3 is 4.90 Å². The van der Waals surface area contributed by atoms with Crippen molar-refractivity contribution in [2.45, 2.75) is 45.7 Å². The van der Waals surface area contributed by atoms with Crippen LogP contribution in [0.15, 0.2) is 24.3 Å². The molecule has 2 rings (SSSR count). The van der Waals surface area contributed by atoms with Crippen molar-refractivity contribution in [2.75, 3.05) is 4.90 Å². The number of para-hydroxylation sites is 1. The van der Waals surface area contributed by atoms with E-state index >= 15 is 0 Å². The van der Waals surface area contributed by atoms with Gasteiger partial charge in [-0.1, -0.05) is 25.1 Å². The first-order valence-corrected chi connectivity index (χ1v) is 5.50. The smallest absolute Gasteiger partial charge is 0.0407 e. The lowest BCUT2D eigenvalue weighted by Gasteiger charge is -2.30. The zero-order valence-corrected chi connectivity index (χ0v) is 9.49. The van der Waals surface area contributed by atoms with E-state index in [0.717, 1.165) is 0 Å². The van der Waals surface area contributed by atoms with E-state index in [1.807, 2.05) is 0 Å². The summed E-state index contributed by atoms with van der Waals surface area (Å²) in [5.41, 5.74) is 2.94. The number of anilines is 1. The van der Waals surface area contributed by atoms with Gasteiger partial charge in [0.15, 0.2) is 0 Å². The molecule has 0 aliphatic carbocycles. The second-order valence-electron chi connectivity index (χ2n) is 4.59. The molecule has 14 heavy (non-hydrogen) atoms. The van der Waals surface area contributed by atoms with Crippen LogP contribution in [0.5, 0.6) is 0 Å². The molecular weight excluding hydrogens is 170 g/mol. The highest BCUT2D eigenvalue weighted by atomic mass is 15.2. The van der Waals surface area contributed by atoms with Crippen molar-refractivity contribution in [2.24, 2.45) is 0 Å². The van der Waals surface area contributed by atoms with E-state index in [1.54, 1.807) is 0 Å². The molecule has 76 valence electrons. The van der Waals surface area contributed by atoms with Crippen LogP contribution in [0.2, 0.25) is 0 Å². The van der Waals surface area contributed by atoms with E-state index in [0.29, 0.717) is 18.0 Å². The quantitative estimate of drug-likeness (QED) is 0.654. The van der Waals surface area contributed by atoms with Crippen molar-refractivity contribution in [3.63, 3.8) is 0 Å². The van der Waals surface area contributed by atoms with E-state index < -0.39 is 0 Å². The Balaban J connectivity index is 2.48. The minimum Gasteiger partial charge on any atom is -0.366 e. The van der Waals surface area contributed by atoms with E-state index in [2.05, 4.69) is 56.9 Å². The van der Waals surface area contributed by atoms with Crippen LogP contribution >= 0.6 is 0 Å². The van der Waals surface area contributed by atoms with Crippen LogP contribution in [0, 0.1) is 0 Å². The molecule has 1 aromatic rings. The van der Waals surface area contributed by atoms with Crippen molar-refractivity contribution in [1.29, 1.82) is 0 Å². The maximum Gasteiger partial charge on any atom is 0.0407 e. The van der Waals surface area contributed by atoms with Gasteiger partial charge in [0.1, 0.15) is 0 Å². The van der Waals surface area contributed by atoms with Gasteiger partial charge in [0.05, 0.1) is 0 Å². The fourth-order valence-electron chi connectivity index (χ4n) is 2.58. The fourth-order valence-corrected chi connectivity index (χ4v) is 2.58. The molecule has 0 fully saturated rings. The summed E-state index contributed by atoms with van der Waals surface area (Å²) in [4.78, 5) is 2.53. The SMILES string of the molecule is CC1c2ccccc2N(C(C)C)C1C. The molecule has 0 radical (unpaired) electrons. The Morgan fingerprint density at radius 2 is 1.79 bits per heavy atom. The standard InChI is InChI=1S/C13H19N/c1-9(2)14-11(4)10(3)12-7-5-6-8-13(12)14/h5-11H,1-4H3. The molecule has 2 unspecified atom stereocenters. The van der Waals surface area contributed by atoms with Gasteiger partial charge in [0, 0.05) is 23.7 Å². The van der Waals surface area contributed by atoms with Gasteiger partial charge in [-0.15, -0.1) is 0 Å². The Morgan fingerprint density at radius 3 is 2.43 bits per heavy atom. The monoisotopic (exact) mass is 189 g/mol. The molecule has 0 amide bonds. The van der Waals surface area contributed by atoms with Crippen LogP contribution in [0.25, 0.3) is 0 Å². The van der Waals surface area contributed by atoms with Crippen molar-refractivity contribution >= 4 is 5.69 Å². The number of hydrogen-bond acceptors (Lipinski definition) is 1. The first-order valence-electron chi connectivity index (χ1n) is 5.50. The van der Waals surface area contributed by atoms with Crippen LogP contribution in [-0.2, 0) is 0 Å². The summed E-state index contributed by atoms with van der Waals surface area (Å²) in [7, 11) is 0. The van der Waals surface area contributed by atoms with E-state index in [-0.39, 0.29) is 0 Å². The highest BCUT2D eigenvalue weighted by molar-refractivity contribution is 5.61. The number of benzene rings is 1. The maximum atomic E-state index is 2.53. The molecule has 1 heteroatoms. The molecule has 0 saturated carbocycles. The minimum atomic E-state index is 0.594. The molecule has 1 aliphatic heterocycles. The van der Waals surface area contributed by atoms with Gasteiger partial charge in [-0.25, -0.2) is 0 Å². The third kappa shape index (κ3) is 1.23. The largest absolute Gasteiger partial charge is 0.366 e. The lowest BCUT2D eigenvalue weighted by atomic mass is 9.98. The van der Waals surface area contributed by atoms with Gasteiger partial charge in [-0.05, 0) is 32.4 Å². The van der Waals surface area contributed by atoms with E-state index in [4.69, 9.17) is 0 Å². The molecule has 0 saturated heterocycles. The fraction of sp³-hybridized carbons (Fsp3) is 0.538. The Bertz CT molecular complexity index is 330. The van der Waals surface area contributed by atoms with Crippen molar-refractivity contribution in [1.82, 2.24) is 0 Å². The van der Waals surface area contributed by atoms with Gasteiger partial charge in [0.25, 0.3) is 0 Å². The molecule has 1 aromatic carbocycles. The number of nitrogens with zero attached hydrogens (tertiary/aromatic N) is 1. The molecule has 0 aromatic heterocycles. The predicted octanol–water partition coefficient (Wildman–Crippen LogP) is 3.41. The molecule has 0 bridgehead atoms. The Kier molecular flexibility index (Phi) is 2.26. The Labute approximate surface area is 86.7 Å².